The topological polar surface area (TPSA) is 32.7 Å². The Hall–Kier alpha value is -0.380. The molecule has 7 aliphatic rings. The van der Waals surface area contributed by atoms with Crippen LogP contribution in [0.4, 0.5) is 0 Å². The average Bonchev–Trinajstić information content (AvgIpc) is 3.06. The van der Waals surface area contributed by atoms with Crippen LogP contribution in [0.3, 0.4) is 0 Å². The highest BCUT2D eigenvalue weighted by Crippen LogP contribution is 2.75. The lowest BCUT2D eigenvalue weighted by Gasteiger charge is -2.73. The van der Waals surface area contributed by atoms with Gasteiger partial charge in [0.25, 0.3) is 0 Å². The maximum atomic E-state index is 11.3. The van der Waals surface area contributed by atoms with Gasteiger partial charge in [0.15, 0.2) is 0 Å². The van der Waals surface area contributed by atoms with Gasteiger partial charge in [-0.1, -0.05) is 19.9 Å². The number of fused-ring (bicyclic) bond motifs is 3. The third kappa shape index (κ3) is 1.62. The molecule has 1 unspecified atom stereocenters. The number of hydrogen-bond acceptors (Lipinski definition) is 3. The van der Waals surface area contributed by atoms with Crippen molar-refractivity contribution in [3.05, 3.63) is 12.2 Å². The van der Waals surface area contributed by atoms with Gasteiger partial charge in [0.2, 0.25) is 0 Å². The number of hydrogen-bond donors (Lipinski definition) is 1. The van der Waals surface area contributed by atoms with E-state index in [0.717, 1.165) is 24.6 Å². The van der Waals surface area contributed by atoms with Crippen molar-refractivity contribution in [2.75, 3.05) is 19.7 Å². The fraction of sp³-hybridized carbons (Fsp3) is 0.909. The monoisotopic (exact) mass is 343 g/mol. The third-order valence-electron chi connectivity index (χ3n) is 10.00. The Labute approximate surface area is 151 Å². The predicted octanol–water partition coefficient (Wildman–Crippen LogP) is 3.58. The quantitative estimate of drug-likeness (QED) is 0.683. The lowest BCUT2D eigenvalue weighted by molar-refractivity contribution is -0.290. The van der Waals surface area contributed by atoms with Crippen LogP contribution in [0.25, 0.3) is 0 Å². The Kier molecular flexibility index (Phi) is 2.95. The molecule has 0 aromatic rings. The van der Waals surface area contributed by atoms with Crippen LogP contribution in [0, 0.1) is 34.0 Å². The van der Waals surface area contributed by atoms with Gasteiger partial charge in [-0.15, -0.1) is 0 Å². The summed E-state index contributed by atoms with van der Waals surface area (Å²) in [4.78, 5) is 2.69. The van der Waals surface area contributed by atoms with Crippen LogP contribution in [-0.2, 0) is 4.74 Å². The van der Waals surface area contributed by atoms with E-state index in [-0.39, 0.29) is 11.5 Å². The van der Waals surface area contributed by atoms with Crippen molar-refractivity contribution in [3.8, 4) is 0 Å². The second-order valence-electron chi connectivity index (χ2n) is 10.6. The van der Waals surface area contributed by atoms with Crippen LogP contribution in [0.15, 0.2) is 12.2 Å². The van der Waals surface area contributed by atoms with E-state index in [2.05, 4.69) is 18.4 Å². The third-order valence-corrected chi connectivity index (χ3v) is 10.00. The van der Waals surface area contributed by atoms with E-state index in [1.807, 2.05) is 0 Å². The lowest BCUT2D eigenvalue weighted by Crippen LogP contribution is -2.73. The minimum Gasteiger partial charge on any atom is -0.388 e. The molecule has 138 valence electrons. The first-order valence-corrected chi connectivity index (χ1v) is 10.7. The van der Waals surface area contributed by atoms with Crippen LogP contribution < -0.4 is 0 Å². The van der Waals surface area contributed by atoms with E-state index in [0.29, 0.717) is 28.9 Å². The van der Waals surface area contributed by atoms with Crippen LogP contribution in [-0.4, -0.2) is 42.0 Å². The zero-order valence-corrected chi connectivity index (χ0v) is 15.7. The summed E-state index contributed by atoms with van der Waals surface area (Å²) in [5, 5.41) is 11.3. The van der Waals surface area contributed by atoms with Crippen LogP contribution in [0.1, 0.15) is 58.3 Å². The number of aliphatic hydroxyl groups excluding tert-OH is 1. The summed E-state index contributed by atoms with van der Waals surface area (Å²) in [6.07, 6.45) is 10.4. The van der Waals surface area contributed by atoms with Gasteiger partial charge in [0, 0.05) is 23.9 Å². The Bertz CT molecular complexity index is 634. The Morgan fingerprint density at radius 3 is 2.88 bits per heavy atom. The SMILES string of the molecule is C=C1[C@H]2CC[C@@]3(CC[C@@H]4[C@]5(C)CCC[C@@]4(C4OCCN4C5)[C@@H]3C2)[C@@H]1O. The van der Waals surface area contributed by atoms with E-state index in [1.165, 1.54) is 57.9 Å². The molecule has 0 aromatic heterocycles. The highest BCUT2D eigenvalue weighted by molar-refractivity contribution is 5.28. The van der Waals surface area contributed by atoms with E-state index >= 15 is 0 Å². The minimum atomic E-state index is -0.259. The van der Waals surface area contributed by atoms with Crippen molar-refractivity contribution in [1.82, 2.24) is 4.90 Å². The van der Waals surface area contributed by atoms with Gasteiger partial charge >= 0.3 is 0 Å². The number of ether oxygens (including phenoxy) is 1. The Balaban J connectivity index is 1.53. The van der Waals surface area contributed by atoms with Gasteiger partial charge in [-0.2, -0.15) is 0 Å². The minimum absolute atomic E-state index is 0.107. The summed E-state index contributed by atoms with van der Waals surface area (Å²) in [7, 11) is 0. The summed E-state index contributed by atoms with van der Waals surface area (Å²) >= 11 is 0. The lowest BCUT2D eigenvalue weighted by atomic mass is 9.34. The molecule has 25 heavy (non-hydrogen) atoms. The van der Waals surface area contributed by atoms with Gasteiger partial charge in [0.1, 0.15) is 6.23 Å². The number of rotatable bonds is 0. The second-order valence-corrected chi connectivity index (χ2v) is 10.6. The molecule has 4 bridgehead atoms. The molecule has 3 nitrogen and oxygen atoms in total. The summed E-state index contributed by atoms with van der Waals surface area (Å²) in [6, 6.07) is 0. The van der Waals surface area contributed by atoms with Crippen molar-refractivity contribution in [1.29, 1.82) is 0 Å². The largest absolute Gasteiger partial charge is 0.388 e. The number of aliphatic hydroxyl groups is 1. The molecule has 7 fully saturated rings. The fourth-order valence-electron chi connectivity index (χ4n) is 9.23. The number of nitrogens with zero attached hydrogens (tertiary/aromatic N) is 1. The van der Waals surface area contributed by atoms with E-state index < -0.39 is 0 Å². The van der Waals surface area contributed by atoms with Crippen molar-refractivity contribution in [3.63, 3.8) is 0 Å². The normalized spacial score (nSPS) is 60.1. The molecular weight excluding hydrogens is 310 g/mol. The molecular formula is C22H33NO2. The Morgan fingerprint density at radius 1 is 1.16 bits per heavy atom. The summed E-state index contributed by atoms with van der Waals surface area (Å²) in [6.45, 7) is 10.2. The summed E-state index contributed by atoms with van der Waals surface area (Å²) in [5.74, 6) is 1.99. The zero-order chi connectivity index (χ0) is 17.0. The van der Waals surface area contributed by atoms with Crippen LogP contribution >= 0.6 is 0 Å². The molecule has 0 amide bonds. The molecule has 2 aliphatic heterocycles. The van der Waals surface area contributed by atoms with Gasteiger partial charge < -0.3 is 9.84 Å². The molecule has 8 atom stereocenters. The molecule has 2 saturated heterocycles. The number of piperidine rings is 1. The highest BCUT2D eigenvalue weighted by atomic mass is 16.5. The van der Waals surface area contributed by atoms with Crippen LogP contribution in [0.2, 0.25) is 0 Å². The smallest absolute Gasteiger partial charge is 0.117 e. The van der Waals surface area contributed by atoms with Crippen LogP contribution in [0.5, 0.6) is 0 Å². The maximum absolute atomic E-state index is 11.3. The first kappa shape index (κ1) is 15.7. The second kappa shape index (κ2) is 4.72. The average molecular weight is 344 g/mol. The van der Waals surface area contributed by atoms with Crippen molar-refractivity contribution in [2.24, 2.45) is 34.0 Å². The molecule has 2 heterocycles. The molecule has 1 spiro atoms. The highest BCUT2D eigenvalue weighted by Gasteiger charge is 2.73. The molecule has 3 heteroatoms. The van der Waals surface area contributed by atoms with Gasteiger partial charge in [-0.3, -0.25) is 4.90 Å². The van der Waals surface area contributed by atoms with Gasteiger partial charge in [0.05, 0.1) is 12.7 Å². The maximum Gasteiger partial charge on any atom is 0.117 e. The molecule has 1 N–H and O–H groups in total. The first-order chi connectivity index (χ1) is 12.0. The molecule has 0 aromatic carbocycles. The molecule has 5 saturated carbocycles. The van der Waals surface area contributed by atoms with Crippen molar-refractivity contribution >= 4 is 0 Å². The standard InChI is InChI=1S/C22H33NO2/c1-14-15-4-8-21(18(14)24)9-5-16-20(2)6-3-7-22(16,17(21)12-15)19-23(13-20)10-11-25-19/h15-19,24H,1,3-13H2,2H3/t15-,16+,17+,18+,19?,20+,21-,22-/m0/s1. The predicted molar refractivity (Wildman–Crippen MR) is 96.8 cm³/mol. The zero-order valence-electron chi connectivity index (χ0n) is 15.7. The van der Waals surface area contributed by atoms with E-state index in [9.17, 15) is 5.11 Å². The van der Waals surface area contributed by atoms with Gasteiger partial charge in [-0.05, 0) is 73.7 Å². The van der Waals surface area contributed by atoms with E-state index in [4.69, 9.17) is 4.74 Å². The first-order valence-electron chi connectivity index (χ1n) is 10.7. The summed E-state index contributed by atoms with van der Waals surface area (Å²) in [5.41, 5.74) is 2.02. The van der Waals surface area contributed by atoms with E-state index in [1.54, 1.807) is 0 Å². The molecule has 0 radical (unpaired) electrons. The molecule has 5 aliphatic carbocycles. The summed E-state index contributed by atoms with van der Waals surface area (Å²) < 4.78 is 6.49. The van der Waals surface area contributed by atoms with Crippen molar-refractivity contribution in [2.45, 2.75) is 70.6 Å². The molecule has 7 rings (SSSR count). The van der Waals surface area contributed by atoms with Gasteiger partial charge in [-0.25, -0.2) is 0 Å². The Morgan fingerprint density at radius 2 is 2.00 bits per heavy atom. The fourth-order valence-corrected chi connectivity index (χ4v) is 9.23. The van der Waals surface area contributed by atoms with Crippen molar-refractivity contribution < 1.29 is 9.84 Å².